The normalized spacial score (nSPS) is 10.6. The quantitative estimate of drug-likeness (QED) is 0.576. The van der Waals surface area contributed by atoms with Gasteiger partial charge in [0.2, 0.25) is 0 Å². The summed E-state index contributed by atoms with van der Waals surface area (Å²) in [6.07, 6.45) is 3.96. The highest BCUT2D eigenvalue weighted by molar-refractivity contribution is 7.11. The second-order valence-corrected chi connectivity index (χ2v) is 6.41. The lowest BCUT2D eigenvalue weighted by atomic mass is 10.2. The van der Waals surface area contributed by atoms with Gasteiger partial charge in [-0.3, -0.25) is 20.4 Å². The van der Waals surface area contributed by atoms with Crippen molar-refractivity contribution in [2.45, 2.75) is 20.3 Å². The minimum Gasteiger partial charge on any atom is -0.493 e. The van der Waals surface area contributed by atoms with Crippen LogP contribution in [0.4, 0.5) is 0 Å². The molecule has 0 saturated heterocycles. The summed E-state index contributed by atoms with van der Waals surface area (Å²) in [5.74, 6) is 0.176. The molecule has 2 amide bonds. The van der Waals surface area contributed by atoms with Crippen LogP contribution in [0.15, 0.2) is 35.7 Å². The number of rotatable bonds is 7. The van der Waals surface area contributed by atoms with Crippen molar-refractivity contribution < 1.29 is 19.1 Å². The third-order valence-corrected chi connectivity index (χ3v) is 4.46. The van der Waals surface area contributed by atoms with E-state index in [1.54, 1.807) is 35.6 Å². The first-order valence-electron chi connectivity index (χ1n) is 8.18. The van der Waals surface area contributed by atoms with Crippen molar-refractivity contribution in [3.63, 3.8) is 0 Å². The van der Waals surface area contributed by atoms with Crippen LogP contribution in [-0.4, -0.2) is 25.5 Å². The number of amides is 2. The first-order valence-corrected chi connectivity index (χ1v) is 9.06. The van der Waals surface area contributed by atoms with Gasteiger partial charge < -0.3 is 9.47 Å². The summed E-state index contributed by atoms with van der Waals surface area (Å²) in [6, 6.07) is 6.83. The van der Waals surface area contributed by atoms with E-state index in [0.717, 1.165) is 16.9 Å². The number of hydrogen-bond donors (Lipinski definition) is 2. The van der Waals surface area contributed by atoms with E-state index in [1.165, 1.54) is 13.2 Å². The van der Waals surface area contributed by atoms with Crippen LogP contribution in [0.2, 0.25) is 0 Å². The molecule has 0 bridgehead atoms. The molecule has 2 rings (SSSR count). The molecule has 138 valence electrons. The summed E-state index contributed by atoms with van der Waals surface area (Å²) in [4.78, 5) is 25.0. The third-order valence-electron chi connectivity index (χ3n) is 3.47. The van der Waals surface area contributed by atoms with E-state index in [2.05, 4.69) is 10.9 Å². The van der Waals surface area contributed by atoms with Crippen molar-refractivity contribution in [3.05, 3.63) is 51.7 Å². The molecule has 0 aliphatic rings. The first kappa shape index (κ1) is 19.5. The Balaban J connectivity index is 1.93. The van der Waals surface area contributed by atoms with Gasteiger partial charge in [-0.25, -0.2) is 0 Å². The maximum atomic E-state index is 12.2. The van der Waals surface area contributed by atoms with Crippen LogP contribution in [0.3, 0.4) is 0 Å². The van der Waals surface area contributed by atoms with Crippen LogP contribution >= 0.6 is 11.3 Å². The zero-order chi connectivity index (χ0) is 18.9. The Morgan fingerprint density at radius 1 is 1.19 bits per heavy atom. The second-order valence-electron chi connectivity index (χ2n) is 5.46. The Kier molecular flexibility index (Phi) is 7.23. The van der Waals surface area contributed by atoms with Crippen LogP contribution in [-0.2, 0) is 4.79 Å². The molecule has 0 unspecified atom stereocenters. The van der Waals surface area contributed by atoms with Gasteiger partial charge in [-0.15, -0.1) is 11.3 Å². The Labute approximate surface area is 156 Å². The molecule has 0 atom stereocenters. The van der Waals surface area contributed by atoms with Crippen molar-refractivity contribution in [3.8, 4) is 11.5 Å². The number of hydrogen-bond acceptors (Lipinski definition) is 5. The predicted molar refractivity (Wildman–Crippen MR) is 102 cm³/mol. The molecule has 2 N–H and O–H groups in total. The average molecular weight is 374 g/mol. The maximum Gasteiger partial charge on any atom is 0.269 e. The van der Waals surface area contributed by atoms with Crippen LogP contribution < -0.4 is 20.3 Å². The van der Waals surface area contributed by atoms with Gasteiger partial charge >= 0.3 is 0 Å². The van der Waals surface area contributed by atoms with E-state index in [1.807, 2.05) is 25.3 Å². The summed E-state index contributed by atoms with van der Waals surface area (Å²) in [6.45, 7) is 4.54. The Bertz CT molecular complexity index is 799. The van der Waals surface area contributed by atoms with Gasteiger partial charge in [0.15, 0.2) is 11.5 Å². The molecule has 1 heterocycles. The van der Waals surface area contributed by atoms with E-state index in [4.69, 9.17) is 9.47 Å². The fraction of sp³-hybridized carbons (Fsp3) is 0.263. The number of hydrazine groups is 1. The minimum atomic E-state index is -0.445. The summed E-state index contributed by atoms with van der Waals surface area (Å²) in [5, 5.41) is 1.95. The SMILES string of the molecule is CCCOc1ccc(C(=O)NNC(=O)/C=C/c2sccc2C)cc1OC. The van der Waals surface area contributed by atoms with E-state index >= 15 is 0 Å². The zero-order valence-electron chi connectivity index (χ0n) is 15.0. The van der Waals surface area contributed by atoms with Gasteiger partial charge in [0.1, 0.15) is 0 Å². The molecule has 0 aliphatic carbocycles. The van der Waals surface area contributed by atoms with Crippen molar-refractivity contribution in [1.82, 2.24) is 10.9 Å². The average Bonchev–Trinajstić information content (AvgIpc) is 3.07. The molecule has 1 aromatic heterocycles. The summed E-state index contributed by atoms with van der Waals surface area (Å²) < 4.78 is 10.8. The van der Waals surface area contributed by atoms with Crippen LogP contribution in [0.25, 0.3) is 6.08 Å². The Hall–Kier alpha value is -2.80. The van der Waals surface area contributed by atoms with E-state index < -0.39 is 11.8 Å². The molecule has 1 aromatic carbocycles. The zero-order valence-corrected chi connectivity index (χ0v) is 15.8. The summed E-state index contributed by atoms with van der Waals surface area (Å²) in [7, 11) is 1.51. The lowest BCUT2D eigenvalue weighted by molar-refractivity contribution is -0.117. The number of benzene rings is 1. The number of thiophene rings is 1. The fourth-order valence-corrected chi connectivity index (χ4v) is 2.90. The van der Waals surface area contributed by atoms with Crippen molar-refractivity contribution in [1.29, 1.82) is 0 Å². The number of methoxy groups -OCH3 is 1. The molecule has 0 radical (unpaired) electrons. The molecule has 2 aromatic rings. The minimum absolute atomic E-state index is 0.351. The monoisotopic (exact) mass is 374 g/mol. The lowest BCUT2D eigenvalue weighted by Gasteiger charge is -2.12. The van der Waals surface area contributed by atoms with Crippen molar-refractivity contribution in [2.24, 2.45) is 0 Å². The second kappa shape index (κ2) is 9.62. The highest BCUT2D eigenvalue weighted by Gasteiger charge is 2.11. The van der Waals surface area contributed by atoms with Crippen LogP contribution in [0.5, 0.6) is 11.5 Å². The molecule has 0 fully saturated rings. The smallest absolute Gasteiger partial charge is 0.269 e. The molecule has 0 spiro atoms. The topological polar surface area (TPSA) is 76.7 Å². The Morgan fingerprint density at radius 3 is 2.65 bits per heavy atom. The molecule has 0 saturated carbocycles. The summed E-state index contributed by atoms with van der Waals surface area (Å²) in [5.41, 5.74) is 6.18. The van der Waals surface area contributed by atoms with Gasteiger partial charge in [0.25, 0.3) is 11.8 Å². The van der Waals surface area contributed by atoms with E-state index in [-0.39, 0.29) is 0 Å². The third kappa shape index (κ3) is 5.35. The highest BCUT2D eigenvalue weighted by Crippen LogP contribution is 2.28. The number of carbonyl (C=O) groups is 2. The molecule has 0 aliphatic heterocycles. The van der Waals surface area contributed by atoms with E-state index in [9.17, 15) is 9.59 Å². The Morgan fingerprint density at radius 2 is 2.00 bits per heavy atom. The lowest BCUT2D eigenvalue weighted by Crippen LogP contribution is -2.40. The van der Waals surface area contributed by atoms with E-state index in [0.29, 0.717) is 23.7 Å². The predicted octanol–water partition coefficient (Wildman–Crippen LogP) is 3.33. The number of carbonyl (C=O) groups excluding carboxylic acids is 2. The maximum absolute atomic E-state index is 12.2. The fourth-order valence-electron chi connectivity index (χ4n) is 2.08. The van der Waals surface area contributed by atoms with Crippen molar-refractivity contribution in [2.75, 3.05) is 13.7 Å². The largest absolute Gasteiger partial charge is 0.493 e. The van der Waals surface area contributed by atoms with Crippen LogP contribution in [0, 0.1) is 6.92 Å². The standard InChI is InChI=1S/C19H22N2O4S/c1-4-10-25-15-6-5-14(12-16(15)24-3)19(23)21-20-18(22)8-7-17-13(2)9-11-26-17/h5-9,11-12H,4,10H2,1-3H3,(H,20,22)(H,21,23)/b8-7+. The van der Waals surface area contributed by atoms with Gasteiger partial charge in [-0.2, -0.15) is 0 Å². The van der Waals surface area contributed by atoms with Gasteiger partial charge in [0, 0.05) is 16.5 Å². The first-order chi connectivity index (χ1) is 12.5. The van der Waals surface area contributed by atoms with Gasteiger partial charge in [0.05, 0.1) is 13.7 Å². The number of nitrogens with one attached hydrogen (secondary N) is 2. The molecule has 26 heavy (non-hydrogen) atoms. The molecule has 7 heteroatoms. The van der Waals surface area contributed by atoms with Crippen molar-refractivity contribution >= 4 is 29.2 Å². The van der Waals surface area contributed by atoms with Crippen LogP contribution in [0.1, 0.15) is 34.1 Å². The highest BCUT2D eigenvalue weighted by atomic mass is 32.1. The molecular weight excluding hydrogens is 352 g/mol. The number of ether oxygens (including phenoxy) is 2. The molecular formula is C19H22N2O4S. The molecule has 6 nitrogen and oxygen atoms in total. The van der Waals surface area contributed by atoms with Gasteiger partial charge in [-0.1, -0.05) is 6.92 Å². The van der Waals surface area contributed by atoms with Gasteiger partial charge in [-0.05, 0) is 54.6 Å². The number of aryl methyl sites for hydroxylation is 1. The summed E-state index contributed by atoms with van der Waals surface area (Å²) >= 11 is 1.54.